The number of aliphatic hydroxyl groups is 1. The van der Waals surface area contributed by atoms with Gasteiger partial charge in [0.2, 0.25) is 0 Å². The van der Waals surface area contributed by atoms with E-state index in [-0.39, 0.29) is 35.5 Å². The first-order valence-corrected chi connectivity index (χ1v) is 13.7. The molecule has 0 amide bonds. The molecule has 7 nitrogen and oxygen atoms in total. The average Bonchev–Trinajstić information content (AvgIpc) is 3.29. The quantitative estimate of drug-likeness (QED) is 0.449. The summed E-state index contributed by atoms with van der Waals surface area (Å²) in [6.45, 7) is 1.16. The van der Waals surface area contributed by atoms with Crippen LogP contribution >= 0.6 is 22.9 Å². The van der Waals surface area contributed by atoms with E-state index in [1.54, 1.807) is 42.6 Å². The van der Waals surface area contributed by atoms with Gasteiger partial charge in [0.1, 0.15) is 5.00 Å². The molecule has 0 radical (unpaired) electrons. The van der Waals surface area contributed by atoms with Gasteiger partial charge in [0.15, 0.2) is 20.8 Å². The van der Waals surface area contributed by atoms with Crippen LogP contribution in [0.25, 0.3) is 10.8 Å². The summed E-state index contributed by atoms with van der Waals surface area (Å²) in [7, 11) is -3.60. The van der Waals surface area contributed by atoms with E-state index in [9.17, 15) is 13.2 Å². The molecule has 2 heterocycles. The molecule has 10 heteroatoms. The monoisotopic (exact) mass is 507 g/mol. The van der Waals surface area contributed by atoms with Gasteiger partial charge < -0.3 is 15.3 Å². The highest BCUT2D eigenvalue weighted by atomic mass is 35.5. The van der Waals surface area contributed by atoms with Crippen LogP contribution in [0.15, 0.2) is 47.5 Å². The van der Waals surface area contributed by atoms with Gasteiger partial charge in [0.25, 0.3) is 0 Å². The molecule has 1 aromatic heterocycles. The summed E-state index contributed by atoms with van der Waals surface area (Å²) >= 11 is 7.45. The number of aliphatic hydroxyl groups excluding tert-OH is 1. The van der Waals surface area contributed by atoms with Crippen molar-refractivity contribution in [2.45, 2.75) is 36.6 Å². The molecule has 4 rings (SSSR count). The van der Waals surface area contributed by atoms with Gasteiger partial charge in [-0.3, -0.25) is 4.79 Å². The number of rotatable bonds is 9. The van der Waals surface area contributed by atoms with Crippen molar-refractivity contribution in [3.8, 4) is 0 Å². The third-order valence-corrected chi connectivity index (χ3v) is 8.73. The number of piperidine rings is 1. The SMILES string of the molecule is O=C(CCS(=O)(=O)c1ccc2cc(Cl)ccc2c1)C1CCCCN1c1cnc(NCCO)s1. The molecule has 0 aliphatic carbocycles. The molecule has 1 aliphatic heterocycles. The van der Waals surface area contributed by atoms with E-state index in [4.69, 9.17) is 16.7 Å². The van der Waals surface area contributed by atoms with Gasteiger partial charge in [-0.05, 0) is 54.3 Å². The number of nitrogens with zero attached hydrogens (tertiary/aromatic N) is 2. The van der Waals surface area contributed by atoms with E-state index in [0.29, 0.717) is 23.1 Å². The minimum atomic E-state index is -3.60. The molecule has 1 saturated heterocycles. The second-order valence-corrected chi connectivity index (χ2v) is 11.6. The average molecular weight is 508 g/mol. The Morgan fingerprint density at radius 2 is 2.00 bits per heavy atom. The van der Waals surface area contributed by atoms with Crippen LogP contribution in [-0.4, -0.2) is 55.8 Å². The van der Waals surface area contributed by atoms with E-state index in [1.165, 1.54) is 11.3 Å². The van der Waals surface area contributed by atoms with Gasteiger partial charge in [-0.25, -0.2) is 13.4 Å². The summed E-state index contributed by atoms with van der Waals surface area (Å²) in [5, 5.41) is 15.8. The summed E-state index contributed by atoms with van der Waals surface area (Å²) in [5.41, 5.74) is 0. The predicted octanol–water partition coefficient (Wildman–Crippen LogP) is 4.15. The van der Waals surface area contributed by atoms with E-state index < -0.39 is 9.84 Å². The van der Waals surface area contributed by atoms with Crippen LogP contribution in [0.4, 0.5) is 10.1 Å². The molecule has 33 heavy (non-hydrogen) atoms. The number of hydrogen-bond donors (Lipinski definition) is 2. The van der Waals surface area contributed by atoms with Crippen LogP contribution in [0, 0.1) is 0 Å². The number of fused-ring (bicyclic) bond motifs is 1. The number of benzene rings is 2. The third-order valence-electron chi connectivity index (χ3n) is 5.79. The van der Waals surface area contributed by atoms with Crippen molar-refractivity contribution in [1.29, 1.82) is 0 Å². The lowest BCUT2D eigenvalue weighted by Crippen LogP contribution is -2.44. The highest BCUT2D eigenvalue weighted by Gasteiger charge is 2.31. The number of carbonyl (C=O) groups is 1. The Balaban J connectivity index is 1.45. The lowest BCUT2D eigenvalue weighted by Gasteiger charge is -2.35. The van der Waals surface area contributed by atoms with Crippen molar-refractivity contribution >= 4 is 59.5 Å². The van der Waals surface area contributed by atoms with Gasteiger partial charge in [-0.2, -0.15) is 0 Å². The molecule has 1 unspecified atom stereocenters. The third kappa shape index (κ3) is 5.66. The first-order valence-electron chi connectivity index (χ1n) is 10.9. The van der Waals surface area contributed by atoms with E-state index >= 15 is 0 Å². The molecular weight excluding hydrogens is 482 g/mol. The Morgan fingerprint density at radius 3 is 2.82 bits per heavy atom. The molecule has 2 aromatic carbocycles. The Labute approximate surface area is 202 Å². The van der Waals surface area contributed by atoms with Gasteiger partial charge in [-0.15, -0.1) is 0 Å². The fourth-order valence-corrected chi connectivity index (χ4v) is 6.47. The molecular formula is C23H26ClN3O4S2. The Kier molecular flexibility index (Phi) is 7.53. The highest BCUT2D eigenvalue weighted by molar-refractivity contribution is 7.91. The molecule has 1 aliphatic rings. The highest BCUT2D eigenvalue weighted by Crippen LogP contribution is 2.33. The van der Waals surface area contributed by atoms with Crippen molar-refractivity contribution in [3.63, 3.8) is 0 Å². The summed E-state index contributed by atoms with van der Waals surface area (Å²) in [5.74, 6) is -0.287. The van der Waals surface area contributed by atoms with Crippen molar-refractivity contribution in [2.24, 2.45) is 0 Å². The summed E-state index contributed by atoms with van der Waals surface area (Å²) in [6, 6.07) is 9.91. The van der Waals surface area contributed by atoms with Crippen molar-refractivity contribution in [1.82, 2.24) is 4.98 Å². The van der Waals surface area contributed by atoms with Crippen LogP contribution in [0.3, 0.4) is 0 Å². The van der Waals surface area contributed by atoms with E-state index in [1.807, 2.05) is 4.90 Å². The molecule has 1 fully saturated rings. The number of Topliss-reactive ketones (excluding diaryl/α,β-unsaturated/α-hetero) is 1. The van der Waals surface area contributed by atoms with E-state index in [2.05, 4.69) is 10.3 Å². The van der Waals surface area contributed by atoms with Gasteiger partial charge in [0, 0.05) is 24.5 Å². The number of anilines is 2. The summed E-state index contributed by atoms with van der Waals surface area (Å²) < 4.78 is 25.9. The lowest BCUT2D eigenvalue weighted by atomic mass is 9.97. The fraction of sp³-hybridized carbons (Fsp3) is 0.391. The largest absolute Gasteiger partial charge is 0.395 e. The molecule has 2 N–H and O–H groups in total. The number of ketones is 1. The molecule has 0 spiro atoms. The number of thiazole rings is 1. The van der Waals surface area contributed by atoms with Crippen molar-refractivity contribution in [2.75, 3.05) is 35.7 Å². The normalized spacial score (nSPS) is 16.8. The second-order valence-electron chi connectivity index (χ2n) is 8.05. The smallest absolute Gasteiger partial charge is 0.184 e. The van der Waals surface area contributed by atoms with Crippen LogP contribution in [-0.2, 0) is 14.6 Å². The number of halogens is 1. The van der Waals surface area contributed by atoms with Crippen LogP contribution in [0.2, 0.25) is 5.02 Å². The molecule has 0 bridgehead atoms. The van der Waals surface area contributed by atoms with Gasteiger partial charge in [0.05, 0.1) is 29.5 Å². The maximum absolute atomic E-state index is 13.1. The minimum Gasteiger partial charge on any atom is -0.395 e. The number of sulfone groups is 1. The zero-order valence-electron chi connectivity index (χ0n) is 18.0. The topological polar surface area (TPSA) is 99.6 Å². The van der Waals surface area contributed by atoms with Crippen molar-refractivity contribution in [3.05, 3.63) is 47.6 Å². The van der Waals surface area contributed by atoms with Gasteiger partial charge in [-0.1, -0.05) is 35.1 Å². The Hall–Kier alpha value is -2.20. The summed E-state index contributed by atoms with van der Waals surface area (Å²) in [6.07, 6.45) is 4.30. The zero-order chi connectivity index (χ0) is 23.4. The van der Waals surface area contributed by atoms with Crippen LogP contribution in [0.1, 0.15) is 25.7 Å². The fourth-order valence-electron chi connectivity index (χ4n) is 4.08. The van der Waals surface area contributed by atoms with E-state index in [0.717, 1.165) is 35.2 Å². The maximum atomic E-state index is 13.1. The zero-order valence-corrected chi connectivity index (χ0v) is 20.4. The van der Waals surface area contributed by atoms with Crippen LogP contribution < -0.4 is 10.2 Å². The Bertz CT molecular complexity index is 1250. The van der Waals surface area contributed by atoms with Gasteiger partial charge >= 0.3 is 0 Å². The number of carbonyl (C=O) groups excluding carboxylic acids is 1. The number of nitrogens with one attached hydrogen (secondary N) is 1. The standard InChI is InChI=1S/C23H26ClN3O4S2/c24-18-6-4-17-14-19(7-5-16(17)13-18)33(30,31)12-8-21(29)20-3-1-2-10-27(20)22-15-26-23(32-22)25-9-11-28/h4-7,13-15,20,28H,1-3,8-12H2,(H,25,26). The molecule has 3 aromatic rings. The first-order chi connectivity index (χ1) is 15.9. The molecule has 1 atom stereocenters. The summed E-state index contributed by atoms with van der Waals surface area (Å²) in [4.78, 5) is 19.7. The second kappa shape index (κ2) is 10.4. The first kappa shape index (κ1) is 23.9. The van der Waals surface area contributed by atoms with Crippen molar-refractivity contribution < 1.29 is 18.3 Å². The predicted molar refractivity (Wildman–Crippen MR) is 133 cm³/mol. The maximum Gasteiger partial charge on any atom is 0.184 e. The molecule has 0 saturated carbocycles. The Morgan fingerprint density at radius 1 is 1.21 bits per heavy atom. The minimum absolute atomic E-state index is 0.0131. The number of aromatic nitrogens is 1. The molecule has 176 valence electrons. The number of hydrogen-bond acceptors (Lipinski definition) is 8. The lowest BCUT2D eigenvalue weighted by molar-refractivity contribution is -0.120. The van der Waals surface area contributed by atoms with Crippen LogP contribution in [0.5, 0.6) is 0 Å².